The van der Waals surface area contributed by atoms with Gasteiger partial charge in [0.1, 0.15) is 12.4 Å². The fraction of sp³-hybridized carbons (Fsp3) is 0.263. The number of hydrogen-bond acceptors (Lipinski definition) is 3. The number of rotatable bonds is 8. The van der Waals surface area contributed by atoms with E-state index in [1.807, 2.05) is 0 Å². The van der Waals surface area contributed by atoms with Crippen molar-refractivity contribution < 1.29 is 14.3 Å². The summed E-state index contributed by atoms with van der Waals surface area (Å²) < 4.78 is 6.47. The van der Waals surface area contributed by atoms with Crippen molar-refractivity contribution >= 4 is 39.3 Å². The molecule has 0 heterocycles. The average molecular weight is 440 g/mol. The minimum Gasteiger partial charge on any atom is -0.492 e. The molecule has 0 aliphatic heterocycles. The van der Waals surface area contributed by atoms with E-state index in [1.54, 1.807) is 60.5 Å². The fourth-order valence-corrected chi connectivity index (χ4v) is 2.52. The van der Waals surface area contributed by atoms with E-state index in [4.69, 9.17) is 16.3 Å². The van der Waals surface area contributed by atoms with Gasteiger partial charge < -0.3 is 15.0 Å². The van der Waals surface area contributed by atoms with E-state index in [2.05, 4.69) is 21.2 Å². The van der Waals surface area contributed by atoms with Crippen LogP contribution >= 0.6 is 27.5 Å². The van der Waals surface area contributed by atoms with Gasteiger partial charge in [0.15, 0.2) is 0 Å². The lowest BCUT2D eigenvalue weighted by Crippen LogP contribution is -2.34. The Hall–Kier alpha value is -2.05. The summed E-state index contributed by atoms with van der Waals surface area (Å²) in [6.45, 7) is 1.13. The molecule has 0 fully saturated rings. The number of nitrogens with zero attached hydrogens (tertiary/aromatic N) is 1. The van der Waals surface area contributed by atoms with Gasteiger partial charge in [-0.2, -0.15) is 0 Å². The molecule has 0 aromatic heterocycles. The van der Waals surface area contributed by atoms with Crippen molar-refractivity contribution in [1.82, 2.24) is 10.2 Å². The zero-order valence-electron chi connectivity index (χ0n) is 14.4. The summed E-state index contributed by atoms with van der Waals surface area (Å²) in [6, 6.07) is 14.1. The molecule has 2 amide bonds. The first-order valence-electron chi connectivity index (χ1n) is 8.12. The summed E-state index contributed by atoms with van der Waals surface area (Å²) >= 11 is 9.14. The van der Waals surface area contributed by atoms with Crippen LogP contribution in [-0.4, -0.2) is 43.5 Å². The Morgan fingerprint density at radius 2 is 1.77 bits per heavy atom. The van der Waals surface area contributed by atoms with Crippen LogP contribution in [-0.2, 0) is 4.79 Å². The summed E-state index contributed by atoms with van der Waals surface area (Å²) in [5.41, 5.74) is 0.561. The molecular formula is C19H20BrClN2O3. The molecule has 2 aromatic rings. The Bertz CT molecular complexity index is 735. The van der Waals surface area contributed by atoms with Gasteiger partial charge in [0.25, 0.3) is 5.91 Å². The van der Waals surface area contributed by atoms with E-state index >= 15 is 0 Å². The average Bonchev–Trinajstić information content (AvgIpc) is 2.63. The number of halogens is 2. The van der Waals surface area contributed by atoms with Gasteiger partial charge in [-0.1, -0.05) is 27.5 Å². The van der Waals surface area contributed by atoms with E-state index < -0.39 is 0 Å². The van der Waals surface area contributed by atoms with Crippen molar-refractivity contribution in [2.75, 3.05) is 26.7 Å². The molecule has 0 bridgehead atoms. The van der Waals surface area contributed by atoms with E-state index in [0.29, 0.717) is 29.5 Å². The molecule has 0 saturated carbocycles. The van der Waals surface area contributed by atoms with E-state index in [9.17, 15) is 9.59 Å². The van der Waals surface area contributed by atoms with Gasteiger partial charge in [-0.25, -0.2) is 0 Å². The summed E-state index contributed by atoms with van der Waals surface area (Å²) in [5.74, 6) is 0.455. The third-order valence-corrected chi connectivity index (χ3v) is 4.45. The highest BCUT2D eigenvalue weighted by atomic mass is 79.9. The molecule has 26 heavy (non-hydrogen) atoms. The van der Waals surface area contributed by atoms with Crippen LogP contribution in [0, 0.1) is 0 Å². The second-order valence-electron chi connectivity index (χ2n) is 5.63. The molecule has 0 spiro atoms. The Kier molecular flexibility index (Phi) is 7.94. The number of ether oxygens (including phenoxy) is 1. The van der Waals surface area contributed by atoms with Crippen molar-refractivity contribution in [3.63, 3.8) is 0 Å². The molecule has 7 heteroatoms. The fourth-order valence-electron chi connectivity index (χ4n) is 2.13. The Balaban J connectivity index is 1.65. The smallest absolute Gasteiger partial charge is 0.251 e. The maximum absolute atomic E-state index is 12.1. The second kappa shape index (κ2) is 10.2. The highest BCUT2D eigenvalue weighted by Crippen LogP contribution is 2.15. The lowest BCUT2D eigenvalue weighted by Gasteiger charge is -2.17. The Morgan fingerprint density at radius 3 is 2.42 bits per heavy atom. The minimum absolute atomic E-state index is 0.0548. The normalized spacial score (nSPS) is 10.3. The number of nitrogens with one attached hydrogen (secondary N) is 1. The van der Waals surface area contributed by atoms with Crippen LogP contribution in [0.4, 0.5) is 0 Å². The minimum atomic E-state index is -0.195. The number of benzene rings is 2. The van der Waals surface area contributed by atoms with Crippen LogP contribution in [0.15, 0.2) is 53.0 Å². The second-order valence-corrected chi connectivity index (χ2v) is 6.98. The highest BCUT2D eigenvalue weighted by Gasteiger charge is 2.10. The Morgan fingerprint density at radius 1 is 1.12 bits per heavy atom. The van der Waals surface area contributed by atoms with Crippen LogP contribution in [0.3, 0.4) is 0 Å². The molecule has 2 aromatic carbocycles. The van der Waals surface area contributed by atoms with E-state index in [1.165, 1.54) is 0 Å². The van der Waals surface area contributed by atoms with Gasteiger partial charge in [0.05, 0.1) is 6.54 Å². The molecule has 0 saturated heterocycles. The van der Waals surface area contributed by atoms with Crippen LogP contribution in [0.2, 0.25) is 5.02 Å². The van der Waals surface area contributed by atoms with Gasteiger partial charge in [-0.15, -0.1) is 0 Å². The molecule has 0 aliphatic rings. The molecule has 5 nitrogen and oxygen atoms in total. The van der Waals surface area contributed by atoms with Gasteiger partial charge in [0, 0.05) is 35.1 Å². The predicted molar refractivity (Wildman–Crippen MR) is 106 cm³/mol. The first-order valence-corrected chi connectivity index (χ1v) is 9.29. The quantitative estimate of drug-likeness (QED) is 0.681. The van der Waals surface area contributed by atoms with Crippen LogP contribution in [0.25, 0.3) is 0 Å². The topological polar surface area (TPSA) is 58.6 Å². The van der Waals surface area contributed by atoms with Crippen molar-refractivity contribution in [3.05, 3.63) is 63.6 Å². The van der Waals surface area contributed by atoms with E-state index in [0.717, 1.165) is 4.47 Å². The number of amides is 2. The molecular weight excluding hydrogens is 420 g/mol. The highest BCUT2D eigenvalue weighted by molar-refractivity contribution is 9.10. The SMILES string of the molecule is CN(CCOc1ccc(Cl)cc1)C(=O)CCNC(=O)c1ccc(Br)cc1. The zero-order valence-corrected chi connectivity index (χ0v) is 16.7. The third kappa shape index (κ3) is 6.69. The summed E-state index contributed by atoms with van der Waals surface area (Å²) in [7, 11) is 1.71. The summed E-state index contributed by atoms with van der Waals surface area (Å²) in [6.07, 6.45) is 0.236. The largest absolute Gasteiger partial charge is 0.492 e. The van der Waals surface area contributed by atoms with Crippen molar-refractivity contribution in [3.8, 4) is 5.75 Å². The summed E-state index contributed by atoms with van der Waals surface area (Å²) in [4.78, 5) is 25.7. The molecule has 0 unspecified atom stereocenters. The maximum atomic E-state index is 12.1. The maximum Gasteiger partial charge on any atom is 0.251 e. The molecule has 0 atom stereocenters. The number of likely N-dealkylation sites (N-methyl/N-ethyl adjacent to an activating group) is 1. The number of hydrogen-bond donors (Lipinski definition) is 1. The van der Waals surface area contributed by atoms with Gasteiger partial charge in [-0.05, 0) is 48.5 Å². The molecule has 1 N–H and O–H groups in total. The van der Waals surface area contributed by atoms with Gasteiger partial charge in [0.2, 0.25) is 5.91 Å². The monoisotopic (exact) mass is 438 g/mol. The molecule has 2 rings (SSSR count). The lowest BCUT2D eigenvalue weighted by atomic mass is 10.2. The standard InChI is InChI=1S/C19H20BrClN2O3/c1-23(12-13-26-17-8-6-16(21)7-9-17)18(24)10-11-22-19(25)14-2-4-15(20)5-3-14/h2-9H,10-13H2,1H3,(H,22,25). The van der Waals surface area contributed by atoms with Crippen molar-refractivity contribution in [2.45, 2.75) is 6.42 Å². The van der Waals surface area contributed by atoms with Crippen LogP contribution in [0.1, 0.15) is 16.8 Å². The number of carbonyl (C=O) groups excluding carboxylic acids is 2. The third-order valence-electron chi connectivity index (χ3n) is 3.67. The van der Waals surface area contributed by atoms with Gasteiger partial charge >= 0.3 is 0 Å². The predicted octanol–water partition coefficient (Wildman–Crippen LogP) is 3.76. The number of carbonyl (C=O) groups is 2. The molecule has 0 aliphatic carbocycles. The van der Waals surface area contributed by atoms with E-state index in [-0.39, 0.29) is 24.8 Å². The van der Waals surface area contributed by atoms with Crippen molar-refractivity contribution in [1.29, 1.82) is 0 Å². The zero-order chi connectivity index (χ0) is 18.9. The van der Waals surface area contributed by atoms with Gasteiger partial charge in [-0.3, -0.25) is 9.59 Å². The molecule has 138 valence electrons. The summed E-state index contributed by atoms with van der Waals surface area (Å²) in [5, 5.41) is 3.39. The Labute approximate surface area is 166 Å². The molecule has 0 radical (unpaired) electrons. The van der Waals surface area contributed by atoms with Crippen molar-refractivity contribution in [2.24, 2.45) is 0 Å². The lowest BCUT2D eigenvalue weighted by molar-refractivity contribution is -0.130. The first kappa shape index (κ1) is 20.3. The van der Waals surface area contributed by atoms with Crippen LogP contribution < -0.4 is 10.1 Å². The van der Waals surface area contributed by atoms with Crippen LogP contribution in [0.5, 0.6) is 5.75 Å². The first-order chi connectivity index (χ1) is 12.5.